The van der Waals surface area contributed by atoms with Crippen molar-refractivity contribution < 1.29 is 9.53 Å². The summed E-state index contributed by atoms with van der Waals surface area (Å²) < 4.78 is 7.98. The number of anilines is 1. The first-order valence-corrected chi connectivity index (χ1v) is 9.55. The van der Waals surface area contributed by atoms with E-state index in [4.69, 9.17) is 4.74 Å². The molecule has 3 aliphatic rings. The molecule has 138 valence electrons. The van der Waals surface area contributed by atoms with Crippen molar-refractivity contribution >= 4 is 17.4 Å². The van der Waals surface area contributed by atoms with Gasteiger partial charge in [0.25, 0.3) is 0 Å². The number of likely N-dealkylation sites (tertiary alicyclic amines) is 1. The number of piperidine rings is 1. The summed E-state index contributed by atoms with van der Waals surface area (Å²) in [6.45, 7) is 4.30. The van der Waals surface area contributed by atoms with E-state index in [1.54, 1.807) is 10.8 Å². The number of ether oxygens (including phenoxy) is 1. The van der Waals surface area contributed by atoms with E-state index >= 15 is 0 Å². The lowest BCUT2D eigenvalue weighted by atomic mass is 9.82. The molecule has 2 aromatic heterocycles. The molecular weight excluding hydrogens is 332 g/mol. The normalized spacial score (nSPS) is 25.7. The maximum Gasteiger partial charge on any atom is 0.222 e. The van der Waals surface area contributed by atoms with E-state index in [0.717, 1.165) is 76.4 Å². The standard InChI is InChI=1S/C18H24N6O2/c25-17-3-1-2-8-22(17)9-14-6-7-18(26-10-14)11-23(12-18)16-5-4-15-20-19-13-24(15)21-16/h4-5,13-14H,1-3,6-12H2. The Morgan fingerprint density at radius 1 is 1.27 bits per heavy atom. The Bertz CT molecular complexity index is 805. The summed E-state index contributed by atoms with van der Waals surface area (Å²) in [4.78, 5) is 16.3. The summed E-state index contributed by atoms with van der Waals surface area (Å²) >= 11 is 0. The molecule has 5 rings (SSSR count). The third-order valence-corrected chi connectivity index (χ3v) is 5.96. The Hall–Kier alpha value is -2.22. The van der Waals surface area contributed by atoms with Crippen molar-refractivity contribution in [3.05, 3.63) is 18.5 Å². The van der Waals surface area contributed by atoms with Crippen LogP contribution in [0.4, 0.5) is 5.82 Å². The zero-order valence-corrected chi connectivity index (χ0v) is 14.9. The van der Waals surface area contributed by atoms with E-state index in [0.29, 0.717) is 11.8 Å². The number of carbonyl (C=O) groups excluding carboxylic acids is 1. The van der Waals surface area contributed by atoms with Crippen LogP contribution in [-0.4, -0.2) is 69.0 Å². The number of hydrogen-bond donors (Lipinski definition) is 0. The van der Waals surface area contributed by atoms with E-state index in [2.05, 4.69) is 20.2 Å². The van der Waals surface area contributed by atoms with E-state index in [9.17, 15) is 4.79 Å². The lowest BCUT2D eigenvalue weighted by Gasteiger charge is -2.53. The van der Waals surface area contributed by atoms with Gasteiger partial charge in [0.15, 0.2) is 5.65 Å². The quantitative estimate of drug-likeness (QED) is 0.820. The van der Waals surface area contributed by atoms with Gasteiger partial charge in [-0.15, -0.1) is 15.3 Å². The highest BCUT2D eigenvalue weighted by atomic mass is 16.5. The molecule has 1 atom stereocenters. The molecule has 5 heterocycles. The highest BCUT2D eigenvalue weighted by molar-refractivity contribution is 5.76. The minimum absolute atomic E-state index is 0.0355. The molecule has 0 bridgehead atoms. The zero-order chi connectivity index (χ0) is 17.6. The van der Waals surface area contributed by atoms with Crippen LogP contribution in [0.5, 0.6) is 0 Å². The average Bonchev–Trinajstić information content (AvgIpc) is 3.10. The minimum Gasteiger partial charge on any atom is -0.371 e. The molecule has 8 heteroatoms. The Labute approximate surface area is 152 Å². The van der Waals surface area contributed by atoms with Gasteiger partial charge in [-0.2, -0.15) is 4.52 Å². The lowest BCUT2D eigenvalue weighted by molar-refractivity contribution is -0.139. The maximum absolute atomic E-state index is 12.0. The predicted octanol–water partition coefficient (Wildman–Crippen LogP) is 1.12. The number of carbonyl (C=O) groups is 1. The van der Waals surface area contributed by atoms with Crippen molar-refractivity contribution in [2.45, 2.75) is 37.7 Å². The third-order valence-electron chi connectivity index (χ3n) is 5.96. The van der Waals surface area contributed by atoms with E-state index in [1.807, 2.05) is 17.0 Å². The van der Waals surface area contributed by atoms with Crippen LogP contribution < -0.4 is 4.90 Å². The van der Waals surface area contributed by atoms with Gasteiger partial charge in [0.05, 0.1) is 19.7 Å². The molecule has 2 aromatic rings. The van der Waals surface area contributed by atoms with Crippen molar-refractivity contribution in [3.63, 3.8) is 0 Å². The van der Waals surface area contributed by atoms with Crippen LogP contribution in [-0.2, 0) is 9.53 Å². The van der Waals surface area contributed by atoms with Crippen molar-refractivity contribution in [1.29, 1.82) is 0 Å². The molecule has 3 aliphatic heterocycles. The van der Waals surface area contributed by atoms with Gasteiger partial charge < -0.3 is 14.5 Å². The van der Waals surface area contributed by atoms with Crippen molar-refractivity contribution in [2.75, 3.05) is 37.7 Å². The molecule has 0 saturated carbocycles. The summed E-state index contributed by atoms with van der Waals surface area (Å²) in [5.41, 5.74) is 0.722. The second kappa shape index (κ2) is 6.19. The van der Waals surface area contributed by atoms with Gasteiger partial charge in [-0.3, -0.25) is 4.79 Å². The number of amides is 1. The minimum atomic E-state index is -0.0355. The Kier molecular flexibility index (Phi) is 3.81. The predicted molar refractivity (Wildman–Crippen MR) is 94.8 cm³/mol. The summed E-state index contributed by atoms with van der Waals surface area (Å²) in [7, 11) is 0. The maximum atomic E-state index is 12.0. The van der Waals surface area contributed by atoms with Crippen LogP contribution in [0.1, 0.15) is 32.1 Å². The fraction of sp³-hybridized carbons (Fsp3) is 0.667. The summed E-state index contributed by atoms with van der Waals surface area (Å²) in [5, 5.41) is 12.4. The third kappa shape index (κ3) is 2.82. The molecular formula is C18H24N6O2. The summed E-state index contributed by atoms with van der Waals surface area (Å²) in [5.74, 6) is 1.73. The molecule has 1 spiro atoms. The zero-order valence-electron chi connectivity index (χ0n) is 14.9. The number of nitrogens with zero attached hydrogens (tertiary/aromatic N) is 6. The molecule has 1 amide bonds. The second-order valence-corrected chi connectivity index (χ2v) is 7.88. The molecule has 3 fully saturated rings. The molecule has 1 unspecified atom stereocenters. The number of hydrogen-bond acceptors (Lipinski definition) is 6. The Balaban J connectivity index is 1.16. The van der Waals surface area contributed by atoms with Crippen molar-refractivity contribution in [1.82, 2.24) is 24.7 Å². The van der Waals surface area contributed by atoms with Gasteiger partial charge in [-0.05, 0) is 37.8 Å². The van der Waals surface area contributed by atoms with E-state index < -0.39 is 0 Å². The van der Waals surface area contributed by atoms with Gasteiger partial charge in [0, 0.05) is 25.4 Å². The highest BCUT2D eigenvalue weighted by Crippen LogP contribution is 2.38. The van der Waals surface area contributed by atoms with Crippen LogP contribution in [0.3, 0.4) is 0 Å². The Morgan fingerprint density at radius 2 is 2.19 bits per heavy atom. The van der Waals surface area contributed by atoms with Crippen LogP contribution in [0.15, 0.2) is 18.5 Å². The fourth-order valence-electron chi connectivity index (χ4n) is 4.38. The first-order valence-electron chi connectivity index (χ1n) is 9.55. The smallest absolute Gasteiger partial charge is 0.222 e. The summed E-state index contributed by atoms with van der Waals surface area (Å²) in [6.07, 6.45) is 6.72. The van der Waals surface area contributed by atoms with Crippen molar-refractivity contribution in [2.24, 2.45) is 5.92 Å². The molecule has 0 N–H and O–H groups in total. The largest absolute Gasteiger partial charge is 0.371 e. The topological polar surface area (TPSA) is 75.9 Å². The molecule has 0 aliphatic carbocycles. The fourth-order valence-corrected chi connectivity index (χ4v) is 4.38. The van der Waals surface area contributed by atoms with E-state index in [-0.39, 0.29) is 5.60 Å². The number of rotatable bonds is 3. The molecule has 0 radical (unpaired) electrons. The number of aromatic nitrogens is 4. The van der Waals surface area contributed by atoms with Gasteiger partial charge in [0.1, 0.15) is 17.7 Å². The second-order valence-electron chi connectivity index (χ2n) is 7.88. The number of fused-ring (bicyclic) bond motifs is 1. The summed E-state index contributed by atoms with van der Waals surface area (Å²) in [6, 6.07) is 3.93. The van der Waals surface area contributed by atoms with Gasteiger partial charge in [-0.1, -0.05) is 0 Å². The van der Waals surface area contributed by atoms with Gasteiger partial charge >= 0.3 is 0 Å². The first-order chi connectivity index (χ1) is 12.7. The molecule has 0 aromatic carbocycles. The van der Waals surface area contributed by atoms with Gasteiger partial charge in [0.2, 0.25) is 5.91 Å². The first kappa shape index (κ1) is 16.0. The average molecular weight is 356 g/mol. The van der Waals surface area contributed by atoms with Crippen LogP contribution in [0, 0.1) is 5.92 Å². The van der Waals surface area contributed by atoms with Crippen molar-refractivity contribution in [3.8, 4) is 0 Å². The van der Waals surface area contributed by atoms with Gasteiger partial charge in [-0.25, -0.2) is 0 Å². The SMILES string of the molecule is O=C1CCCCN1CC1CCC2(CN(c3ccc4nncn4n3)C2)OC1. The van der Waals surface area contributed by atoms with Crippen LogP contribution >= 0.6 is 0 Å². The molecule has 26 heavy (non-hydrogen) atoms. The van der Waals surface area contributed by atoms with Crippen LogP contribution in [0.2, 0.25) is 0 Å². The van der Waals surface area contributed by atoms with E-state index in [1.165, 1.54) is 0 Å². The lowest BCUT2D eigenvalue weighted by Crippen LogP contribution is -2.65. The molecule has 8 nitrogen and oxygen atoms in total. The highest BCUT2D eigenvalue weighted by Gasteiger charge is 2.47. The Morgan fingerprint density at radius 3 is 3.00 bits per heavy atom. The molecule has 3 saturated heterocycles. The monoisotopic (exact) mass is 356 g/mol. The van der Waals surface area contributed by atoms with Crippen LogP contribution in [0.25, 0.3) is 5.65 Å².